The minimum Gasteiger partial charge on any atom is -0.321 e. The Labute approximate surface area is 132 Å². The molecule has 0 saturated heterocycles. The summed E-state index contributed by atoms with van der Waals surface area (Å²) in [7, 11) is 0. The zero-order chi connectivity index (χ0) is 15.4. The molecule has 0 aliphatic rings. The smallest absolute Gasteiger partial charge is 0.266 e. The van der Waals surface area contributed by atoms with E-state index in [-0.39, 0.29) is 5.57 Å². The summed E-state index contributed by atoms with van der Waals surface area (Å²) in [5, 5.41) is 15.9. The van der Waals surface area contributed by atoms with E-state index in [9.17, 15) is 10.1 Å². The highest BCUT2D eigenvalue weighted by atomic mass is 32.1. The highest BCUT2D eigenvalue weighted by Crippen LogP contribution is 2.23. The van der Waals surface area contributed by atoms with E-state index in [4.69, 9.17) is 0 Å². The van der Waals surface area contributed by atoms with Crippen LogP contribution < -0.4 is 5.32 Å². The van der Waals surface area contributed by atoms with E-state index in [1.807, 2.05) is 66.0 Å². The Balaban J connectivity index is 1.91. The normalized spacial score (nSPS) is 11.1. The summed E-state index contributed by atoms with van der Waals surface area (Å²) in [6.45, 7) is 0. The van der Waals surface area contributed by atoms with Crippen LogP contribution in [0.4, 0.5) is 5.69 Å². The van der Waals surface area contributed by atoms with Crippen molar-refractivity contribution < 1.29 is 4.79 Å². The SMILES string of the molecule is N#CC(=Cc1cccs1)C(=O)Nc1cccc2ccccc12. The average Bonchev–Trinajstić information content (AvgIpc) is 3.06. The molecular weight excluding hydrogens is 292 g/mol. The van der Waals surface area contributed by atoms with Gasteiger partial charge >= 0.3 is 0 Å². The van der Waals surface area contributed by atoms with Crippen molar-refractivity contribution in [2.75, 3.05) is 5.32 Å². The molecule has 0 radical (unpaired) electrons. The Morgan fingerprint density at radius 1 is 1.09 bits per heavy atom. The number of hydrogen-bond acceptors (Lipinski definition) is 3. The topological polar surface area (TPSA) is 52.9 Å². The zero-order valence-corrected chi connectivity index (χ0v) is 12.4. The number of amides is 1. The van der Waals surface area contributed by atoms with E-state index >= 15 is 0 Å². The van der Waals surface area contributed by atoms with Crippen LogP contribution in [0, 0.1) is 11.3 Å². The lowest BCUT2D eigenvalue weighted by atomic mass is 10.1. The summed E-state index contributed by atoms with van der Waals surface area (Å²) in [4.78, 5) is 13.2. The number of anilines is 1. The van der Waals surface area contributed by atoms with Crippen LogP contribution in [0.25, 0.3) is 16.8 Å². The fourth-order valence-corrected chi connectivity index (χ4v) is 2.85. The molecule has 22 heavy (non-hydrogen) atoms. The summed E-state index contributed by atoms with van der Waals surface area (Å²) in [5.41, 5.74) is 0.797. The van der Waals surface area contributed by atoms with Gasteiger partial charge in [0, 0.05) is 16.0 Å². The summed E-state index contributed by atoms with van der Waals surface area (Å²) in [6, 6.07) is 19.2. The van der Waals surface area contributed by atoms with E-state index in [2.05, 4.69) is 5.32 Å². The summed E-state index contributed by atoms with van der Waals surface area (Å²) in [5.74, 6) is -0.396. The number of nitriles is 1. The third-order valence-electron chi connectivity index (χ3n) is 3.23. The van der Waals surface area contributed by atoms with Crippen LogP contribution in [-0.2, 0) is 4.79 Å². The van der Waals surface area contributed by atoms with Crippen LogP contribution in [0.5, 0.6) is 0 Å². The molecule has 0 atom stereocenters. The maximum Gasteiger partial charge on any atom is 0.266 e. The first-order valence-corrected chi connectivity index (χ1v) is 7.60. The third kappa shape index (κ3) is 2.90. The first-order chi connectivity index (χ1) is 10.8. The second kappa shape index (κ2) is 6.25. The van der Waals surface area contributed by atoms with Gasteiger partial charge in [-0.1, -0.05) is 42.5 Å². The van der Waals surface area contributed by atoms with Crippen molar-refractivity contribution in [3.63, 3.8) is 0 Å². The van der Waals surface area contributed by atoms with E-state index < -0.39 is 5.91 Å². The standard InChI is InChI=1S/C18H12N2OS/c19-12-14(11-15-7-4-10-22-15)18(21)20-17-9-3-6-13-5-1-2-8-16(13)17/h1-11H,(H,20,21). The fourth-order valence-electron chi connectivity index (χ4n) is 2.19. The number of carbonyl (C=O) groups is 1. The van der Waals surface area contributed by atoms with Crippen molar-refractivity contribution in [1.82, 2.24) is 0 Å². The molecule has 1 amide bonds. The molecule has 0 saturated carbocycles. The molecule has 0 spiro atoms. The minimum absolute atomic E-state index is 0.0929. The van der Waals surface area contributed by atoms with Gasteiger partial charge in [0.25, 0.3) is 5.91 Å². The van der Waals surface area contributed by atoms with Crippen molar-refractivity contribution in [1.29, 1.82) is 5.26 Å². The summed E-state index contributed by atoms with van der Waals surface area (Å²) >= 11 is 1.49. The van der Waals surface area contributed by atoms with Gasteiger partial charge in [0.15, 0.2) is 0 Å². The molecule has 0 bridgehead atoms. The Hall–Kier alpha value is -2.90. The number of carbonyl (C=O) groups excluding carboxylic acids is 1. The van der Waals surface area contributed by atoms with Crippen molar-refractivity contribution in [2.24, 2.45) is 0 Å². The van der Waals surface area contributed by atoms with Gasteiger partial charge in [0.2, 0.25) is 0 Å². The van der Waals surface area contributed by atoms with E-state index in [0.717, 1.165) is 15.6 Å². The average molecular weight is 304 g/mol. The molecular formula is C18H12N2OS. The lowest BCUT2D eigenvalue weighted by molar-refractivity contribution is -0.112. The second-order valence-corrected chi connectivity index (χ2v) is 5.65. The molecule has 1 heterocycles. The number of fused-ring (bicyclic) bond motifs is 1. The number of rotatable bonds is 3. The molecule has 2 aromatic carbocycles. The molecule has 3 rings (SSSR count). The predicted molar refractivity (Wildman–Crippen MR) is 90.5 cm³/mol. The van der Waals surface area contributed by atoms with Crippen molar-refractivity contribution >= 4 is 39.8 Å². The molecule has 3 aromatic rings. The Kier molecular flexibility index (Phi) is 3.99. The van der Waals surface area contributed by atoms with Gasteiger partial charge in [0.1, 0.15) is 11.6 Å². The molecule has 4 heteroatoms. The number of hydrogen-bond donors (Lipinski definition) is 1. The fraction of sp³-hybridized carbons (Fsp3) is 0. The number of thiophene rings is 1. The highest BCUT2D eigenvalue weighted by Gasteiger charge is 2.11. The highest BCUT2D eigenvalue weighted by molar-refractivity contribution is 7.10. The van der Waals surface area contributed by atoms with E-state index in [1.165, 1.54) is 11.3 Å². The van der Waals surface area contributed by atoms with Gasteiger partial charge in [0.05, 0.1) is 0 Å². The first kappa shape index (κ1) is 14.1. The Bertz CT molecular complexity index is 884. The lowest BCUT2D eigenvalue weighted by Crippen LogP contribution is -2.13. The number of nitrogens with one attached hydrogen (secondary N) is 1. The Morgan fingerprint density at radius 3 is 2.68 bits per heavy atom. The van der Waals surface area contributed by atoms with Gasteiger partial charge in [-0.3, -0.25) is 4.79 Å². The molecule has 1 N–H and O–H groups in total. The van der Waals surface area contributed by atoms with Gasteiger partial charge in [-0.25, -0.2) is 0 Å². The first-order valence-electron chi connectivity index (χ1n) is 6.72. The van der Waals surface area contributed by atoms with Crippen LogP contribution in [-0.4, -0.2) is 5.91 Å². The summed E-state index contributed by atoms with van der Waals surface area (Å²) in [6.07, 6.45) is 1.60. The maximum atomic E-state index is 12.3. The molecule has 0 fully saturated rings. The molecule has 0 aliphatic heterocycles. The molecule has 106 valence electrons. The number of nitrogens with zero attached hydrogens (tertiary/aromatic N) is 1. The van der Waals surface area contributed by atoms with Gasteiger partial charge in [-0.05, 0) is 29.0 Å². The largest absolute Gasteiger partial charge is 0.321 e. The maximum absolute atomic E-state index is 12.3. The Morgan fingerprint density at radius 2 is 1.91 bits per heavy atom. The van der Waals surface area contributed by atoms with Crippen LogP contribution in [0.15, 0.2) is 65.6 Å². The lowest BCUT2D eigenvalue weighted by Gasteiger charge is -2.08. The molecule has 1 aromatic heterocycles. The quantitative estimate of drug-likeness (QED) is 0.574. The zero-order valence-electron chi connectivity index (χ0n) is 11.6. The molecule has 0 unspecified atom stereocenters. The summed E-state index contributed by atoms with van der Waals surface area (Å²) < 4.78 is 0. The minimum atomic E-state index is -0.396. The molecule has 3 nitrogen and oxygen atoms in total. The van der Waals surface area contributed by atoms with E-state index in [1.54, 1.807) is 6.08 Å². The third-order valence-corrected chi connectivity index (χ3v) is 4.05. The number of benzene rings is 2. The van der Waals surface area contributed by atoms with Crippen molar-refractivity contribution in [3.05, 3.63) is 70.4 Å². The predicted octanol–water partition coefficient (Wildman–Crippen LogP) is 4.45. The van der Waals surface area contributed by atoms with Crippen LogP contribution in [0.2, 0.25) is 0 Å². The van der Waals surface area contributed by atoms with Crippen molar-refractivity contribution in [3.8, 4) is 6.07 Å². The van der Waals surface area contributed by atoms with Crippen LogP contribution in [0.3, 0.4) is 0 Å². The molecule has 0 aliphatic carbocycles. The van der Waals surface area contributed by atoms with Crippen LogP contribution in [0.1, 0.15) is 4.88 Å². The second-order valence-electron chi connectivity index (χ2n) is 4.67. The van der Waals surface area contributed by atoms with Gasteiger partial charge < -0.3 is 5.32 Å². The van der Waals surface area contributed by atoms with Crippen LogP contribution >= 0.6 is 11.3 Å². The van der Waals surface area contributed by atoms with E-state index in [0.29, 0.717) is 5.69 Å². The van der Waals surface area contributed by atoms with Gasteiger partial charge in [-0.15, -0.1) is 11.3 Å². The van der Waals surface area contributed by atoms with Crippen molar-refractivity contribution in [2.45, 2.75) is 0 Å². The van der Waals surface area contributed by atoms with Gasteiger partial charge in [-0.2, -0.15) is 5.26 Å². The monoisotopic (exact) mass is 304 g/mol.